The van der Waals surface area contributed by atoms with Crippen LogP contribution in [0.5, 0.6) is 0 Å². The SMILES string of the molecule is CCNC(c1cncc(F)c1)c1ccc(F)c(F)c1. The van der Waals surface area contributed by atoms with E-state index in [9.17, 15) is 13.2 Å². The van der Waals surface area contributed by atoms with Gasteiger partial charge in [-0.2, -0.15) is 0 Å². The minimum Gasteiger partial charge on any atom is -0.306 e. The van der Waals surface area contributed by atoms with E-state index in [0.717, 1.165) is 18.3 Å². The van der Waals surface area contributed by atoms with E-state index < -0.39 is 23.5 Å². The third-order valence-corrected chi connectivity index (χ3v) is 2.74. The summed E-state index contributed by atoms with van der Waals surface area (Å²) in [5, 5.41) is 3.09. The summed E-state index contributed by atoms with van der Waals surface area (Å²) in [7, 11) is 0. The van der Waals surface area contributed by atoms with Gasteiger partial charge in [0.25, 0.3) is 0 Å². The van der Waals surface area contributed by atoms with E-state index in [1.807, 2.05) is 6.92 Å². The minimum absolute atomic E-state index is 0.428. The van der Waals surface area contributed by atoms with Crippen LogP contribution in [0.1, 0.15) is 24.1 Å². The van der Waals surface area contributed by atoms with Crippen LogP contribution in [0.4, 0.5) is 13.2 Å². The van der Waals surface area contributed by atoms with Gasteiger partial charge in [0, 0.05) is 6.20 Å². The van der Waals surface area contributed by atoms with Gasteiger partial charge in [-0.05, 0) is 35.9 Å². The van der Waals surface area contributed by atoms with E-state index in [1.54, 1.807) is 0 Å². The predicted octanol–water partition coefficient (Wildman–Crippen LogP) is 3.20. The Morgan fingerprint density at radius 2 is 1.84 bits per heavy atom. The molecule has 0 spiro atoms. The molecule has 1 aromatic carbocycles. The Morgan fingerprint density at radius 3 is 2.47 bits per heavy atom. The zero-order valence-electron chi connectivity index (χ0n) is 10.3. The molecule has 2 rings (SSSR count). The molecule has 1 atom stereocenters. The van der Waals surface area contributed by atoms with Crippen LogP contribution in [0, 0.1) is 17.5 Å². The van der Waals surface area contributed by atoms with Crippen LogP contribution in [0.3, 0.4) is 0 Å². The van der Waals surface area contributed by atoms with Crippen LogP contribution < -0.4 is 5.32 Å². The summed E-state index contributed by atoms with van der Waals surface area (Å²) in [6.07, 6.45) is 2.59. The maximum absolute atomic E-state index is 13.3. The lowest BCUT2D eigenvalue weighted by atomic mass is 10.00. The number of benzene rings is 1. The molecule has 0 aliphatic carbocycles. The number of pyridine rings is 1. The fourth-order valence-electron chi connectivity index (χ4n) is 1.91. The number of nitrogens with one attached hydrogen (secondary N) is 1. The monoisotopic (exact) mass is 266 g/mol. The van der Waals surface area contributed by atoms with E-state index in [4.69, 9.17) is 0 Å². The second-order valence-corrected chi connectivity index (χ2v) is 4.10. The average molecular weight is 266 g/mol. The Labute approximate surface area is 109 Å². The number of halogens is 3. The van der Waals surface area contributed by atoms with Crippen molar-refractivity contribution in [2.45, 2.75) is 13.0 Å². The van der Waals surface area contributed by atoms with Crippen molar-refractivity contribution >= 4 is 0 Å². The van der Waals surface area contributed by atoms with E-state index in [2.05, 4.69) is 10.3 Å². The summed E-state index contributed by atoms with van der Waals surface area (Å²) in [6.45, 7) is 2.47. The van der Waals surface area contributed by atoms with Crippen molar-refractivity contribution in [3.8, 4) is 0 Å². The first kappa shape index (κ1) is 13.5. The Kier molecular flexibility index (Phi) is 4.16. The summed E-state index contributed by atoms with van der Waals surface area (Å²) in [4.78, 5) is 3.77. The largest absolute Gasteiger partial charge is 0.306 e. The second-order valence-electron chi connectivity index (χ2n) is 4.10. The molecule has 1 heterocycles. The molecule has 0 saturated heterocycles. The average Bonchev–Trinajstić information content (AvgIpc) is 2.39. The van der Waals surface area contributed by atoms with Crippen LogP contribution in [0.15, 0.2) is 36.7 Å². The number of rotatable bonds is 4. The highest BCUT2D eigenvalue weighted by molar-refractivity contribution is 5.31. The van der Waals surface area contributed by atoms with Crippen LogP contribution in [-0.2, 0) is 0 Å². The van der Waals surface area contributed by atoms with Crippen LogP contribution in [0.2, 0.25) is 0 Å². The van der Waals surface area contributed by atoms with Gasteiger partial charge in [0.15, 0.2) is 11.6 Å². The van der Waals surface area contributed by atoms with Gasteiger partial charge in [-0.1, -0.05) is 13.0 Å². The van der Waals surface area contributed by atoms with E-state index in [-0.39, 0.29) is 0 Å². The third-order valence-electron chi connectivity index (χ3n) is 2.74. The van der Waals surface area contributed by atoms with Gasteiger partial charge in [0.2, 0.25) is 0 Å². The number of hydrogen-bond donors (Lipinski definition) is 1. The molecule has 2 aromatic rings. The lowest BCUT2D eigenvalue weighted by Gasteiger charge is -2.18. The van der Waals surface area contributed by atoms with Crippen molar-refractivity contribution < 1.29 is 13.2 Å². The summed E-state index contributed by atoms with van der Waals surface area (Å²) in [6, 6.07) is 4.52. The molecular formula is C14H13F3N2. The molecule has 0 amide bonds. The molecule has 0 saturated carbocycles. The molecule has 0 aliphatic heterocycles. The zero-order valence-corrected chi connectivity index (χ0v) is 10.3. The minimum atomic E-state index is -0.926. The molecule has 2 nitrogen and oxygen atoms in total. The topological polar surface area (TPSA) is 24.9 Å². The second kappa shape index (κ2) is 5.84. The van der Waals surface area contributed by atoms with Gasteiger partial charge < -0.3 is 5.32 Å². The quantitative estimate of drug-likeness (QED) is 0.919. The molecular weight excluding hydrogens is 253 g/mol. The van der Waals surface area contributed by atoms with Crippen molar-refractivity contribution in [3.63, 3.8) is 0 Å². The normalized spacial score (nSPS) is 12.4. The first-order valence-corrected chi connectivity index (χ1v) is 5.90. The Balaban J connectivity index is 2.42. The van der Waals surface area contributed by atoms with Gasteiger partial charge >= 0.3 is 0 Å². The molecule has 1 unspecified atom stereocenters. The van der Waals surface area contributed by atoms with E-state index >= 15 is 0 Å². The molecule has 0 bridgehead atoms. The third kappa shape index (κ3) is 3.12. The van der Waals surface area contributed by atoms with E-state index in [1.165, 1.54) is 18.3 Å². The Bertz CT molecular complexity index is 572. The van der Waals surface area contributed by atoms with Gasteiger partial charge in [-0.3, -0.25) is 4.98 Å². The molecule has 0 radical (unpaired) electrons. The molecule has 0 fully saturated rings. The van der Waals surface area contributed by atoms with Crippen molar-refractivity contribution in [3.05, 3.63) is 65.2 Å². The molecule has 5 heteroatoms. The molecule has 19 heavy (non-hydrogen) atoms. The molecule has 1 N–H and O–H groups in total. The van der Waals surface area contributed by atoms with Crippen LogP contribution >= 0.6 is 0 Å². The van der Waals surface area contributed by atoms with E-state index in [0.29, 0.717) is 17.7 Å². The number of hydrogen-bond acceptors (Lipinski definition) is 2. The first-order valence-electron chi connectivity index (χ1n) is 5.90. The van der Waals surface area contributed by atoms with Gasteiger partial charge in [-0.15, -0.1) is 0 Å². The molecule has 0 aliphatic rings. The molecule has 100 valence electrons. The summed E-state index contributed by atoms with van der Waals surface area (Å²) in [5.41, 5.74) is 1.08. The number of nitrogens with zero attached hydrogens (tertiary/aromatic N) is 1. The standard InChI is InChI=1S/C14H13F3N2/c1-2-19-14(10-5-11(15)8-18-7-10)9-3-4-12(16)13(17)6-9/h3-8,14,19H,2H2,1H3. The summed E-state index contributed by atoms with van der Waals surface area (Å²) >= 11 is 0. The van der Waals surface area contributed by atoms with Gasteiger partial charge in [0.1, 0.15) is 5.82 Å². The Morgan fingerprint density at radius 1 is 1.05 bits per heavy atom. The van der Waals surface area contributed by atoms with Gasteiger partial charge in [0.05, 0.1) is 12.2 Å². The predicted molar refractivity (Wildman–Crippen MR) is 66.1 cm³/mol. The fourth-order valence-corrected chi connectivity index (χ4v) is 1.91. The highest BCUT2D eigenvalue weighted by Gasteiger charge is 2.16. The number of aromatic nitrogens is 1. The van der Waals surface area contributed by atoms with Crippen LogP contribution in [-0.4, -0.2) is 11.5 Å². The highest BCUT2D eigenvalue weighted by atomic mass is 19.2. The van der Waals surface area contributed by atoms with Gasteiger partial charge in [-0.25, -0.2) is 13.2 Å². The highest BCUT2D eigenvalue weighted by Crippen LogP contribution is 2.23. The fraction of sp³-hybridized carbons (Fsp3) is 0.214. The van der Waals surface area contributed by atoms with Crippen molar-refractivity contribution in [1.82, 2.24) is 10.3 Å². The zero-order chi connectivity index (χ0) is 13.8. The lowest BCUT2D eigenvalue weighted by molar-refractivity contribution is 0.503. The molecule has 1 aromatic heterocycles. The smallest absolute Gasteiger partial charge is 0.159 e. The van der Waals surface area contributed by atoms with Crippen molar-refractivity contribution in [2.24, 2.45) is 0 Å². The van der Waals surface area contributed by atoms with Crippen LogP contribution in [0.25, 0.3) is 0 Å². The van der Waals surface area contributed by atoms with Crippen molar-refractivity contribution in [2.75, 3.05) is 6.54 Å². The Hall–Kier alpha value is -1.88. The van der Waals surface area contributed by atoms with Crippen molar-refractivity contribution in [1.29, 1.82) is 0 Å². The summed E-state index contributed by atoms with van der Waals surface area (Å²) < 4.78 is 39.4. The maximum atomic E-state index is 13.3. The maximum Gasteiger partial charge on any atom is 0.159 e. The lowest BCUT2D eigenvalue weighted by Crippen LogP contribution is -2.22. The first-order chi connectivity index (χ1) is 9.11. The summed E-state index contributed by atoms with van der Waals surface area (Å²) in [5.74, 6) is -2.30.